The van der Waals surface area contributed by atoms with E-state index in [1.807, 2.05) is 6.92 Å². The average molecular weight is 297 g/mol. The van der Waals surface area contributed by atoms with Gasteiger partial charge in [0.15, 0.2) is 4.67 Å². The average Bonchev–Trinajstić information content (AvgIpc) is 2.67. The number of furan rings is 1. The van der Waals surface area contributed by atoms with Crippen molar-refractivity contribution in [3.63, 3.8) is 0 Å². The molecule has 4 N–H and O–H groups in total. The third-order valence-electron chi connectivity index (χ3n) is 2.39. The molecular weight excluding hydrogens is 284 g/mol. The van der Waals surface area contributed by atoms with Crippen molar-refractivity contribution >= 4 is 27.3 Å². The van der Waals surface area contributed by atoms with Crippen LogP contribution in [0.1, 0.15) is 18.6 Å². The first-order valence-corrected chi connectivity index (χ1v) is 5.92. The number of nitrogen functional groups attached to an aromatic ring is 2. The van der Waals surface area contributed by atoms with Gasteiger partial charge in [-0.15, -0.1) is 0 Å². The zero-order valence-corrected chi connectivity index (χ0v) is 10.9. The highest BCUT2D eigenvalue weighted by Crippen LogP contribution is 2.29. The molecule has 5 heteroatoms. The molecule has 4 nitrogen and oxygen atoms in total. The molecule has 0 aliphatic heterocycles. The molecule has 2 rings (SSSR count). The van der Waals surface area contributed by atoms with Crippen molar-refractivity contribution < 1.29 is 9.15 Å². The molecule has 1 aromatic carbocycles. The van der Waals surface area contributed by atoms with Gasteiger partial charge >= 0.3 is 0 Å². The smallest absolute Gasteiger partial charge is 0.285 e. The number of rotatable bonds is 3. The van der Waals surface area contributed by atoms with Crippen LogP contribution in [-0.2, 0) is 0 Å². The third kappa shape index (κ3) is 2.74. The van der Waals surface area contributed by atoms with Crippen LogP contribution in [0.4, 0.5) is 11.4 Å². The highest BCUT2D eigenvalue weighted by Gasteiger charge is 2.13. The molecule has 0 spiro atoms. The molecule has 0 aliphatic rings. The van der Waals surface area contributed by atoms with Gasteiger partial charge in [0.1, 0.15) is 6.10 Å². The Kier molecular flexibility index (Phi) is 3.28. The number of hydrogen-bond donors (Lipinski definition) is 2. The van der Waals surface area contributed by atoms with Gasteiger partial charge in [-0.3, -0.25) is 0 Å². The lowest BCUT2D eigenvalue weighted by Crippen LogP contribution is -2.06. The van der Waals surface area contributed by atoms with Crippen molar-refractivity contribution in [2.75, 3.05) is 11.5 Å². The summed E-state index contributed by atoms with van der Waals surface area (Å²) in [5, 5.41) is 0. The van der Waals surface area contributed by atoms with Crippen LogP contribution < -0.4 is 16.2 Å². The molecule has 0 fully saturated rings. The number of nitrogens with two attached hydrogens (primary N) is 2. The number of benzene rings is 1. The van der Waals surface area contributed by atoms with Crippen molar-refractivity contribution in [2.24, 2.45) is 0 Å². The van der Waals surface area contributed by atoms with Crippen LogP contribution in [-0.4, -0.2) is 0 Å². The summed E-state index contributed by atoms with van der Waals surface area (Å²) in [4.78, 5) is 0. The molecule has 0 saturated heterocycles. The Labute approximate surface area is 108 Å². The zero-order valence-electron chi connectivity index (χ0n) is 9.31. The molecule has 1 aromatic heterocycles. The monoisotopic (exact) mass is 296 g/mol. The van der Waals surface area contributed by atoms with Gasteiger partial charge < -0.3 is 20.6 Å². The van der Waals surface area contributed by atoms with Crippen LogP contribution >= 0.6 is 15.9 Å². The highest BCUT2D eigenvalue weighted by molar-refractivity contribution is 9.10. The highest BCUT2D eigenvalue weighted by atomic mass is 79.9. The maximum Gasteiger partial charge on any atom is 0.285 e. The first kappa shape index (κ1) is 11.9. The van der Waals surface area contributed by atoms with Crippen molar-refractivity contribution in [1.82, 2.24) is 0 Å². The second-order valence-corrected chi connectivity index (χ2v) is 4.49. The van der Waals surface area contributed by atoms with Gasteiger partial charge in [-0.05, 0) is 47.1 Å². The molecule has 1 unspecified atom stereocenters. The number of hydrogen-bond acceptors (Lipinski definition) is 4. The number of anilines is 2. The van der Waals surface area contributed by atoms with E-state index in [9.17, 15) is 0 Å². The fraction of sp³-hybridized carbons (Fsp3) is 0.167. The van der Waals surface area contributed by atoms with Gasteiger partial charge in [0.05, 0.1) is 0 Å². The Bertz CT molecular complexity index is 525. The molecule has 0 aliphatic carbocycles. The van der Waals surface area contributed by atoms with Crippen LogP contribution in [0.3, 0.4) is 0 Å². The third-order valence-corrected chi connectivity index (χ3v) is 2.82. The largest absolute Gasteiger partial charge is 0.457 e. The Morgan fingerprint density at radius 3 is 2.65 bits per heavy atom. The maximum atomic E-state index is 5.87. The van der Waals surface area contributed by atoms with E-state index >= 15 is 0 Å². The first-order valence-electron chi connectivity index (χ1n) is 5.13. The molecule has 2 aromatic rings. The predicted octanol–water partition coefficient (Wildman–Crippen LogP) is 3.35. The Morgan fingerprint density at radius 2 is 2.00 bits per heavy atom. The van der Waals surface area contributed by atoms with Gasteiger partial charge in [0.2, 0.25) is 0 Å². The normalized spacial score (nSPS) is 12.4. The Hall–Kier alpha value is -1.62. The molecule has 1 heterocycles. The molecule has 0 radical (unpaired) electrons. The van der Waals surface area contributed by atoms with E-state index in [4.69, 9.17) is 20.6 Å². The van der Waals surface area contributed by atoms with E-state index in [2.05, 4.69) is 15.9 Å². The molecule has 0 bridgehead atoms. The van der Waals surface area contributed by atoms with E-state index in [0.29, 0.717) is 22.0 Å². The summed E-state index contributed by atoms with van der Waals surface area (Å²) in [7, 11) is 0. The van der Waals surface area contributed by atoms with Crippen molar-refractivity contribution in [2.45, 2.75) is 13.0 Å². The van der Waals surface area contributed by atoms with Gasteiger partial charge in [-0.2, -0.15) is 0 Å². The van der Waals surface area contributed by atoms with Crippen LogP contribution in [0.15, 0.2) is 39.4 Å². The van der Waals surface area contributed by atoms with Crippen molar-refractivity contribution in [3.8, 4) is 5.95 Å². The number of ether oxygens (including phenoxy) is 1. The fourth-order valence-corrected chi connectivity index (χ4v) is 1.84. The minimum atomic E-state index is -0.225. The lowest BCUT2D eigenvalue weighted by molar-refractivity contribution is 0.171. The van der Waals surface area contributed by atoms with Crippen molar-refractivity contribution in [1.29, 1.82) is 0 Å². The molecule has 1 atom stereocenters. The minimum absolute atomic E-state index is 0.225. The molecule has 0 saturated carbocycles. The van der Waals surface area contributed by atoms with Gasteiger partial charge in [0, 0.05) is 23.0 Å². The van der Waals surface area contributed by atoms with Crippen LogP contribution in [0.25, 0.3) is 0 Å². The summed E-state index contributed by atoms with van der Waals surface area (Å²) in [5.74, 6) is 0.436. The van der Waals surface area contributed by atoms with E-state index in [1.165, 1.54) is 0 Å². The summed E-state index contributed by atoms with van der Waals surface area (Å²) in [6.07, 6.45) is -0.225. The van der Waals surface area contributed by atoms with E-state index in [0.717, 1.165) is 5.56 Å². The fourth-order valence-electron chi connectivity index (χ4n) is 1.54. The quantitative estimate of drug-likeness (QED) is 0.852. The van der Waals surface area contributed by atoms with E-state index < -0.39 is 0 Å². The molecular formula is C12H13BrN2O2. The maximum absolute atomic E-state index is 5.87. The van der Waals surface area contributed by atoms with E-state index in [1.54, 1.807) is 30.3 Å². The molecule has 0 amide bonds. The summed E-state index contributed by atoms with van der Waals surface area (Å²) < 4.78 is 11.5. The standard InChI is InChI=1S/C12H13BrN2O2/c1-7(16-12-5-4-11(13)17-12)9-6-8(14)2-3-10(9)15/h2-7H,14-15H2,1H3. The summed E-state index contributed by atoms with van der Waals surface area (Å²) in [5.41, 5.74) is 13.7. The summed E-state index contributed by atoms with van der Waals surface area (Å²) in [6, 6.07) is 8.84. The first-order chi connectivity index (χ1) is 8.06. The van der Waals surface area contributed by atoms with Crippen molar-refractivity contribution in [3.05, 3.63) is 40.6 Å². The SMILES string of the molecule is CC(Oc1ccc(Br)o1)c1cc(N)ccc1N. The van der Waals surface area contributed by atoms with Crippen LogP contribution in [0.2, 0.25) is 0 Å². The lowest BCUT2D eigenvalue weighted by Gasteiger charge is -2.15. The van der Waals surface area contributed by atoms with Gasteiger partial charge in [-0.1, -0.05) is 0 Å². The summed E-state index contributed by atoms with van der Waals surface area (Å²) in [6.45, 7) is 1.89. The molecule has 17 heavy (non-hydrogen) atoms. The topological polar surface area (TPSA) is 74.4 Å². The second kappa shape index (κ2) is 4.71. The van der Waals surface area contributed by atoms with E-state index in [-0.39, 0.29) is 6.10 Å². The zero-order chi connectivity index (χ0) is 12.4. The van der Waals surface area contributed by atoms with Crippen LogP contribution in [0.5, 0.6) is 5.95 Å². The second-order valence-electron chi connectivity index (χ2n) is 3.71. The lowest BCUT2D eigenvalue weighted by atomic mass is 10.1. The van der Waals surface area contributed by atoms with Gasteiger partial charge in [-0.25, -0.2) is 0 Å². The molecule has 90 valence electrons. The Balaban J connectivity index is 2.19. The summed E-state index contributed by atoms with van der Waals surface area (Å²) >= 11 is 3.21. The predicted molar refractivity (Wildman–Crippen MR) is 70.7 cm³/mol. The minimum Gasteiger partial charge on any atom is -0.457 e. The van der Waals surface area contributed by atoms with Gasteiger partial charge in [0.25, 0.3) is 5.95 Å². The van der Waals surface area contributed by atoms with Crippen LogP contribution in [0, 0.1) is 0 Å². The number of halogens is 1. The Morgan fingerprint density at radius 1 is 1.24 bits per heavy atom.